The molecule has 3 rings (SSSR count). The minimum absolute atomic E-state index is 0.0929. The molecule has 0 fully saturated rings. The Morgan fingerprint density at radius 1 is 1.08 bits per heavy atom. The number of hydrogen-bond acceptors (Lipinski definition) is 8. The van der Waals surface area contributed by atoms with E-state index >= 15 is 0 Å². The Morgan fingerprint density at radius 3 is 2.61 bits per heavy atom. The van der Waals surface area contributed by atoms with Crippen LogP contribution in [-0.2, 0) is 26.2 Å². The normalized spacial score (nSPS) is 11.6. The van der Waals surface area contributed by atoms with Gasteiger partial charge in [-0.2, -0.15) is 0 Å². The summed E-state index contributed by atoms with van der Waals surface area (Å²) in [5.41, 5.74) is 2.04. The van der Waals surface area contributed by atoms with Gasteiger partial charge in [0, 0.05) is 30.4 Å². The molecule has 0 unspecified atom stereocenters. The molecule has 0 aliphatic rings. The van der Waals surface area contributed by atoms with Crippen LogP contribution in [0.1, 0.15) is 43.2 Å². The lowest BCUT2D eigenvalue weighted by Gasteiger charge is -2.12. The predicted molar refractivity (Wildman–Crippen MR) is 145 cm³/mol. The van der Waals surface area contributed by atoms with Crippen LogP contribution in [0.2, 0.25) is 0 Å². The van der Waals surface area contributed by atoms with Gasteiger partial charge in [0.2, 0.25) is 15.9 Å². The van der Waals surface area contributed by atoms with Crippen molar-refractivity contribution in [1.82, 2.24) is 9.71 Å². The standard InChI is InChI=1S/C28H34N2O7S/c1-4-5-9-18-38(32,33)30-27(31)15-13-22-12-14-24(35-17-16-34-3)19-26(22)36-20-25-21(2)37-28(29-25)23-10-7-6-8-11-23/h6-8,10-15,19H,4-5,9,16-18,20H2,1-3H3,(H,30,31)/b15-13+. The Kier molecular flexibility index (Phi) is 10.9. The third-order valence-corrected chi connectivity index (χ3v) is 6.84. The number of aromatic nitrogens is 1. The maximum atomic E-state index is 12.3. The van der Waals surface area contributed by atoms with E-state index in [-0.39, 0.29) is 12.4 Å². The molecule has 0 saturated carbocycles. The molecular weight excluding hydrogens is 508 g/mol. The maximum absolute atomic E-state index is 12.3. The number of nitrogens with zero attached hydrogens (tertiary/aromatic N) is 1. The Hall–Kier alpha value is -3.63. The van der Waals surface area contributed by atoms with Crippen molar-refractivity contribution in [3.8, 4) is 23.0 Å². The van der Waals surface area contributed by atoms with Crippen molar-refractivity contribution in [2.45, 2.75) is 39.7 Å². The van der Waals surface area contributed by atoms with Crippen LogP contribution in [0.3, 0.4) is 0 Å². The van der Waals surface area contributed by atoms with Gasteiger partial charge in [-0.25, -0.2) is 18.1 Å². The lowest BCUT2D eigenvalue weighted by Crippen LogP contribution is -2.31. The lowest BCUT2D eigenvalue weighted by molar-refractivity contribution is -0.114. The number of amides is 1. The summed E-state index contributed by atoms with van der Waals surface area (Å²) in [6, 6.07) is 14.7. The zero-order valence-electron chi connectivity index (χ0n) is 21.9. The van der Waals surface area contributed by atoms with Gasteiger partial charge in [0.15, 0.2) is 0 Å². The molecule has 1 N–H and O–H groups in total. The predicted octanol–water partition coefficient (Wildman–Crippen LogP) is 4.90. The fourth-order valence-corrected chi connectivity index (χ4v) is 4.53. The third-order valence-electron chi connectivity index (χ3n) is 5.51. The summed E-state index contributed by atoms with van der Waals surface area (Å²) < 4.78 is 48.9. The van der Waals surface area contributed by atoms with Gasteiger partial charge in [-0.3, -0.25) is 4.79 Å². The van der Waals surface area contributed by atoms with E-state index < -0.39 is 15.9 Å². The minimum Gasteiger partial charge on any atom is -0.491 e. The van der Waals surface area contributed by atoms with Gasteiger partial charge in [0.1, 0.15) is 36.2 Å². The zero-order chi connectivity index (χ0) is 27.4. The van der Waals surface area contributed by atoms with E-state index in [4.69, 9.17) is 18.6 Å². The maximum Gasteiger partial charge on any atom is 0.257 e. The molecule has 0 atom stereocenters. The number of aryl methyl sites for hydroxylation is 1. The second kappa shape index (κ2) is 14.3. The van der Waals surface area contributed by atoms with Crippen molar-refractivity contribution in [2.75, 3.05) is 26.1 Å². The highest BCUT2D eigenvalue weighted by Gasteiger charge is 2.15. The largest absolute Gasteiger partial charge is 0.491 e. The molecule has 10 heteroatoms. The Balaban J connectivity index is 1.75. The average Bonchev–Trinajstić information content (AvgIpc) is 3.27. The van der Waals surface area contributed by atoms with Crippen molar-refractivity contribution >= 4 is 22.0 Å². The van der Waals surface area contributed by atoms with E-state index in [1.165, 1.54) is 12.2 Å². The van der Waals surface area contributed by atoms with Crippen LogP contribution in [0.15, 0.2) is 59.0 Å². The van der Waals surface area contributed by atoms with Crippen LogP contribution >= 0.6 is 0 Å². The van der Waals surface area contributed by atoms with Gasteiger partial charge < -0.3 is 18.6 Å². The molecule has 0 aliphatic heterocycles. The first-order valence-corrected chi connectivity index (χ1v) is 14.1. The highest BCUT2D eigenvalue weighted by atomic mass is 32.2. The summed E-state index contributed by atoms with van der Waals surface area (Å²) in [7, 11) is -2.10. The molecule has 1 aromatic heterocycles. The summed E-state index contributed by atoms with van der Waals surface area (Å²) in [5, 5.41) is 0. The number of carbonyl (C=O) groups excluding carboxylic acids is 1. The first-order valence-electron chi connectivity index (χ1n) is 12.4. The van der Waals surface area contributed by atoms with Gasteiger partial charge in [-0.05, 0) is 43.7 Å². The van der Waals surface area contributed by atoms with Gasteiger partial charge in [0.05, 0.1) is 12.4 Å². The number of ether oxygens (including phenoxy) is 3. The van der Waals surface area contributed by atoms with Crippen molar-refractivity contribution in [1.29, 1.82) is 0 Å². The first kappa shape index (κ1) is 28.9. The molecule has 3 aromatic rings. The van der Waals surface area contributed by atoms with E-state index in [9.17, 15) is 13.2 Å². The topological polar surface area (TPSA) is 117 Å². The number of methoxy groups -OCH3 is 1. The smallest absolute Gasteiger partial charge is 0.257 e. The molecule has 204 valence electrons. The second-order valence-electron chi connectivity index (χ2n) is 8.54. The van der Waals surface area contributed by atoms with E-state index in [0.29, 0.717) is 54.0 Å². The van der Waals surface area contributed by atoms with Gasteiger partial charge >= 0.3 is 0 Å². The fourth-order valence-electron chi connectivity index (χ4n) is 3.47. The van der Waals surface area contributed by atoms with Crippen molar-refractivity contribution in [3.63, 3.8) is 0 Å². The SMILES string of the molecule is CCCCCS(=O)(=O)NC(=O)/C=C/c1ccc(OCCOC)cc1OCc1nc(-c2ccccc2)oc1C. The number of benzene rings is 2. The van der Waals surface area contributed by atoms with Crippen molar-refractivity contribution in [3.05, 3.63) is 71.6 Å². The molecule has 0 bridgehead atoms. The highest BCUT2D eigenvalue weighted by Crippen LogP contribution is 2.28. The summed E-state index contributed by atoms with van der Waals surface area (Å²) in [6.45, 7) is 4.68. The van der Waals surface area contributed by atoms with E-state index in [0.717, 1.165) is 18.4 Å². The molecule has 2 aromatic carbocycles. The van der Waals surface area contributed by atoms with Crippen LogP contribution in [0.4, 0.5) is 0 Å². The van der Waals surface area contributed by atoms with Crippen molar-refractivity contribution < 1.29 is 31.8 Å². The molecule has 0 aliphatic carbocycles. The van der Waals surface area contributed by atoms with E-state index in [2.05, 4.69) is 9.71 Å². The average molecular weight is 543 g/mol. The number of unbranched alkanes of at least 4 members (excludes halogenated alkanes) is 2. The van der Waals surface area contributed by atoms with E-state index in [1.807, 2.05) is 44.2 Å². The molecule has 0 saturated heterocycles. The third kappa shape index (κ3) is 9.04. The molecule has 0 spiro atoms. The highest BCUT2D eigenvalue weighted by molar-refractivity contribution is 7.90. The van der Waals surface area contributed by atoms with Crippen LogP contribution in [0.25, 0.3) is 17.5 Å². The number of nitrogens with one attached hydrogen (secondary N) is 1. The van der Waals surface area contributed by atoms with Gasteiger partial charge in [0.25, 0.3) is 5.91 Å². The minimum atomic E-state index is -3.69. The lowest BCUT2D eigenvalue weighted by atomic mass is 10.1. The Morgan fingerprint density at radius 2 is 1.87 bits per heavy atom. The fraction of sp³-hybridized carbons (Fsp3) is 0.357. The van der Waals surface area contributed by atoms with Crippen LogP contribution in [-0.4, -0.2) is 45.4 Å². The van der Waals surface area contributed by atoms with E-state index in [1.54, 1.807) is 25.3 Å². The first-order chi connectivity index (χ1) is 18.3. The molecule has 9 nitrogen and oxygen atoms in total. The number of sulfonamides is 1. The zero-order valence-corrected chi connectivity index (χ0v) is 22.8. The number of carbonyl (C=O) groups is 1. The van der Waals surface area contributed by atoms with Crippen LogP contribution in [0.5, 0.6) is 11.5 Å². The van der Waals surface area contributed by atoms with Gasteiger partial charge in [-0.15, -0.1) is 0 Å². The number of oxazole rings is 1. The van der Waals surface area contributed by atoms with Crippen molar-refractivity contribution in [2.24, 2.45) is 0 Å². The number of rotatable bonds is 15. The molecule has 1 amide bonds. The summed E-state index contributed by atoms with van der Waals surface area (Å²) >= 11 is 0. The summed E-state index contributed by atoms with van der Waals surface area (Å²) in [6.07, 6.45) is 4.83. The Bertz CT molecular complexity index is 1320. The summed E-state index contributed by atoms with van der Waals surface area (Å²) in [4.78, 5) is 16.9. The molecule has 38 heavy (non-hydrogen) atoms. The second-order valence-corrected chi connectivity index (χ2v) is 10.4. The monoisotopic (exact) mass is 542 g/mol. The Labute approximate surface area is 223 Å². The van der Waals surface area contributed by atoms with Gasteiger partial charge in [-0.1, -0.05) is 38.0 Å². The van der Waals surface area contributed by atoms with Crippen LogP contribution < -0.4 is 14.2 Å². The van der Waals surface area contributed by atoms with Crippen LogP contribution in [0, 0.1) is 6.92 Å². The quantitative estimate of drug-likeness (QED) is 0.213. The molecule has 1 heterocycles. The molecule has 0 radical (unpaired) electrons. The summed E-state index contributed by atoms with van der Waals surface area (Å²) in [5.74, 6) is 1.28. The number of hydrogen-bond donors (Lipinski definition) is 1. The molecular formula is C28H34N2O7S.